The summed E-state index contributed by atoms with van der Waals surface area (Å²) in [7, 11) is -4.40. The topological polar surface area (TPSA) is 38.8 Å². The number of carbonyl (C=O) groups is 1. The second-order valence-electron chi connectivity index (χ2n) is 11.8. The molecule has 27 heavy (non-hydrogen) atoms. The van der Waals surface area contributed by atoms with Crippen LogP contribution in [0.5, 0.6) is 0 Å². The van der Waals surface area contributed by atoms with Crippen LogP contribution in [0.1, 0.15) is 41.5 Å². The maximum atomic E-state index is 13.9. The average molecular weight is 432 g/mol. The molecule has 0 bridgehead atoms. The molecule has 4 nitrogen and oxygen atoms in total. The zero-order chi connectivity index (χ0) is 21.6. The van der Waals surface area contributed by atoms with Crippen LogP contribution in [-0.2, 0) is 13.6 Å². The minimum Gasteiger partial charge on any atom is -0.420 e. The SMILES string of the molecule is C[SiH](C)OC[C@@H](C(C)(C)C)[C@]1([SiH](C)C)C(=O)N(C(C)(C)C)[C@@H]1O[Si](C)(C)C. The lowest BCUT2D eigenvalue weighted by Gasteiger charge is -2.67. The quantitative estimate of drug-likeness (QED) is 0.433. The molecule has 1 aliphatic rings. The highest BCUT2D eigenvalue weighted by molar-refractivity contribution is 6.70. The Morgan fingerprint density at radius 3 is 1.85 bits per heavy atom. The van der Waals surface area contributed by atoms with E-state index in [4.69, 9.17) is 8.85 Å². The van der Waals surface area contributed by atoms with Gasteiger partial charge in [-0.3, -0.25) is 4.79 Å². The smallest absolute Gasteiger partial charge is 0.232 e. The van der Waals surface area contributed by atoms with E-state index in [9.17, 15) is 4.79 Å². The normalized spacial score (nSPS) is 26.0. The lowest BCUT2D eigenvalue weighted by Crippen LogP contribution is -2.78. The van der Waals surface area contributed by atoms with Crippen LogP contribution in [-0.4, -0.2) is 55.3 Å². The van der Waals surface area contributed by atoms with E-state index in [0.29, 0.717) is 12.5 Å². The highest BCUT2D eigenvalue weighted by Gasteiger charge is 2.70. The van der Waals surface area contributed by atoms with Crippen molar-refractivity contribution in [2.75, 3.05) is 6.61 Å². The Kier molecular flexibility index (Phi) is 7.48. The maximum Gasteiger partial charge on any atom is 0.232 e. The second kappa shape index (κ2) is 8.05. The lowest BCUT2D eigenvalue weighted by molar-refractivity contribution is -0.201. The van der Waals surface area contributed by atoms with Gasteiger partial charge in [-0.1, -0.05) is 33.9 Å². The van der Waals surface area contributed by atoms with Crippen molar-refractivity contribution in [3.8, 4) is 0 Å². The maximum absolute atomic E-state index is 13.9. The van der Waals surface area contributed by atoms with Crippen molar-refractivity contribution < 1.29 is 13.6 Å². The predicted molar refractivity (Wildman–Crippen MR) is 124 cm³/mol. The van der Waals surface area contributed by atoms with E-state index in [1.165, 1.54) is 0 Å². The monoisotopic (exact) mass is 431 g/mol. The van der Waals surface area contributed by atoms with Gasteiger partial charge in [-0.2, -0.15) is 0 Å². The molecule has 1 fully saturated rings. The molecule has 1 saturated heterocycles. The van der Waals surface area contributed by atoms with Crippen molar-refractivity contribution >= 4 is 32.1 Å². The number of likely N-dealkylation sites (tertiary alicyclic amines) is 1. The molecule has 160 valence electrons. The van der Waals surface area contributed by atoms with Crippen LogP contribution in [0.15, 0.2) is 0 Å². The molecule has 0 aromatic heterocycles. The second-order valence-corrected chi connectivity index (χ2v) is 22.0. The van der Waals surface area contributed by atoms with Gasteiger partial charge in [0.2, 0.25) is 5.91 Å². The minimum absolute atomic E-state index is 0.0127. The molecule has 7 heteroatoms. The predicted octanol–water partition coefficient (Wildman–Crippen LogP) is 4.69. The summed E-state index contributed by atoms with van der Waals surface area (Å²) in [5, 5.41) is -0.394. The van der Waals surface area contributed by atoms with Crippen LogP contribution < -0.4 is 0 Å². The largest absolute Gasteiger partial charge is 0.420 e. The van der Waals surface area contributed by atoms with Crippen molar-refractivity contribution in [3.63, 3.8) is 0 Å². The van der Waals surface area contributed by atoms with Gasteiger partial charge < -0.3 is 13.8 Å². The van der Waals surface area contributed by atoms with Gasteiger partial charge in [-0.25, -0.2) is 0 Å². The van der Waals surface area contributed by atoms with Gasteiger partial charge in [0.1, 0.15) is 6.23 Å². The van der Waals surface area contributed by atoms with Crippen LogP contribution in [0.3, 0.4) is 0 Å². The molecule has 0 spiro atoms. The van der Waals surface area contributed by atoms with Gasteiger partial charge >= 0.3 is 0 Å². The Hall–Kier alpha value is 0.0406. The molecule has 0 saturated carbocycles. The molecule has 3 atom stereocenters. The summed E-state index contributed by atoms with van der Waals surface area (Å²) in [6, 6.07) is 0. The van der Waals surface area contributed by atoms with Gasteiger partial charge in [0.05, 0.1) is 13.8 Å². The standard InChI is InChI=1S/C20H45NO3Si3/c1-18(2,3)15(14-23-26(9)10)20(25(7)8)16(22)21(19(4,5)6)17(20)24-27(11,12)13/h15,17,25-26H,14H2,1-13H3/t15-,17+,20-/m0/s1. The molecule has 1 amide bonds. The average Bonchev–Trinajstić information content (AvgIpc) is 2.37. The third-order valence-corrected chi connectivity index (χ3v) is 10.2. The van der Waals surface area contributed by atoms with E-state index >= 15 is 0 Å². The zero-order valence-electron chi connectivity index (χ0n) is 20.2. The van der Waals surface area contributed by atoms with Crippen molar-refractivity contribution in [3.05, 3.63) is 0 Å². The van der Waals surface area contributed by atoms with Crippen LogP contribution >= 0.6 is 0 Å². The first kappa shape index (κ1) is 25.1. The fraction of sp³-hybridized carbons (Fsp3) is 0.950. The molecule has 0 aromatic carbocycles. The molecule has 0 N–H and O–H groups in total. The van der Waals surface area contributed by atoms with E-state index in [0.717, 1.165) is 0 Å². The molecular weight excluding hydrogens is 386 g/mol. The number of hydrogen-bond donors (Lipinski definition) is 0. The molecular formula is C20H45NO3Si3. The molecule has 0 aromatic rings. The van der Waals surface area contributed by atoms with E-state index in [-0.39, 0.29) is 23.1 Å². The van der Waals surface area contributed by atoms with Gasteiger partial charge in [0.25, 0.3) is 0 Å². The summed E-state index contributed by atoms with van der Waals surface area (Å²) in [4.78, 5) is 15.9. The van der Waals surface area contributed by atoms with Crippen molar-refractivity contribution in [1.82, 2.24) is 4.90 Å². The third-order valence-electron chi connectivity index (χ3n) is 5.59. The molecule has 1 heterocycles. The third kappa shape index (κ3) is 5.15. The summed E-state index contributed by atoms with van der Waals surface area (Å²) in [6.45, 7) is 29.6. The molecule has 1 aliphatic heterocycles. The zero-order valence-corrected chi connectivity index (χ0v) is 23.5. The lowest BCUT2D eigenvalue weighted by atomic mass is 9.67. The Balaban J connectivity index is 3.55. The molecule has 0 aliphatic carbocycles. The molecule has 0 radical (unpaired) electrons. The van der Waals surface area contributed by atoms with Crippen LogP contribution in [0, 0.1) is 11.3 Å². The first-order chi connectivity index (χ1) is 11.9. The first-order valence-electron chi connectivity index (χ1n) is 10.5. The highest BCUT2D eigenvalue weighted by Crippen LogP contribution is 2.61. The van der Waals surface area contributed by atoms with Gasteiger partial charge in [-0.15, -0.1) is 0 Å². The number of carbonyl (C=O) groups excluding carboxylic acids is 1. The van der Waals surface area contributed by atoms with E-state index in [1.54, 1.807) is 0 Å². The van der Waals surface area contributed by atoms with Crippen molar-refractivity contribution in [2.45, 2.75) is 104 Å². The van der Waals surface area contributed by atoms with Crippen molar-refractivity contribution in [1.29, 1.82) is 0 Å². The molecule has 0 unspecified atom stereocenters. The molecule has 1 rings (SSSR count). The summed E-state index contributed by atoms with van der Waals surface area (Å²) in [5.74, 6) is 0.480. The van der Waals surface area contributed by atoms with Gasteiger partial charge in [-0.05, 0) is 58.9 Å². The number of nitrogens with zero attached hydrogens (tertiary/aromatic N) is 1. The van der Waals surface area contributed by atoms with E-state index in [2.05, 4.69) is 87.4 Å². The summed E-state index contributed by atoms with van der Waals surface area (Å²) in [5.41, 5.74) is -0.245. The van der Waals surface area contributed by atoms with Crippen LogP contribution in [0.4, 0.5) is 0 Å². The number of amides is 1. The Bertz CT molecular complexity index is 532. The number of rotatable bonds is 7. The van der Waals surface area contributed by atoms with Crippen LogP contribution in [0.2, 0.25) is 50.9 Å². The fourth-order valence-corrected chi connectivity index (χ4v) is 8.86. The Morgan fingerprint density at radius 1 is 1.07 bits per heavy atom. The van der Waals surface area contributed by atoms with Crippen LogP contribution in [0.25, 0.3) is 0 Å². The van der Waals surface area contributed by atoms with E-state index < -0.39 is 31.2 Å². The summed E-state index contributed by atoms with van der Waals surface area (Å²) < 4.78 is 13.0. The Morgan fingerprint density at radius 2 is 1.56 bits per heavy atom. The Labute approximate surface area is 172 Å². The summed E-state index contributed by atoms with van der Waals surface area (Å²) >= 11 is 0. The van der Waals surface area contributed by atoms with Gasteiger partial charge in [0.15, 0.2) is 17.4 Å². The highest BCUT2D eigenvalue weighted by atomic mass is 28.4. The van der Waals surface area contributed by atoms with Gasteiger partial charge in [0, 0.05) is 18.1 Å². The van der Waals surface area contributed by atoms with E-state index in [1.807, 2.05) is 4.90 Å². The summed E-state index contributed by atoms with van der Waals surface area (Å²) in [6.07, 6.45) is -0.120. The minimum atomic E-state index is -1.83. The number of hydrogen-bond acceptors (Lipinski definition) is 3. The number of β-lactam (4-membered cyclic amide) rings is 1. The first-order valence-corrected chi connectivity index (χ1v) is 19.6. The fourth-order valence-electron chi connectivity index (χ4n) is 4.36. The van der Waals surface area contributed by atoms with Crippen molar-refractivity contribution in [2.24, 2.45) is 11.3 Å².